The van der Waals surface area contributed by atoms with E-state index in [1.807, 2.05) is 0 Å². The second-order valence-electron chi connectivity index (χ2n) is 26.2. The zero-order valence-corrected chi connectivity index (χ0v) is 46.5. The van der Waals surface area contributed by atoms with Crippen molar-refractivity contribution in [3.8, 4) is 11.1 Å². The number of para-hydroxylation sites is 2. The van der Waals surface area contributed by atoms with Crippen LogP contribution in [0.1, 0.15) is 131 Å². The third kappa shape index (κ3) is 8.12. The number of rotatable bonds is 6. The Morgan fingerprint density at radius 2 is 0.960 bits per heavy atom. The molecule has 0 fully saturated rings. The van der Waals surface area contributed by atoms with E-state index in [1.54, 1.807) is 0 Å². The van der Waals surface area contributed by atoms with Gasteiger partial charge in [0, 0.05) is 50.5 Å². The summed E-state index contributed by atoms with van der Waals surface area (Å²) in [6.07, 6.45) is 2.24. The maximum atomic E-state index is 7.48. The molecule has 1 aliphatic carbocycles. The molecule has 0 saturated heterocycles. The molecule has 0 atom stereocenters. The molecule has 5 heteroatoms. The third-order valence-corrected chi connectivity index (χ3v) is 17.0. The average molecular weight is 982 g/mol. The van der Waals surface area contributed by atoms with E-state index in [-0.39, 0.29) is 33.8 Å². The molecule has 0 spiro atoms. The zero-order valence-electron chi connectivity index (χ0n) is 46.5. The highest BCUT2D eigenvalue weighted by Crippen LogP contribution is 2.54. The van der Waals surface area contributed by atoms with E-state index in [2.05, 4.69) is 281 Å². The van der Waals surface area contributed by atoms with Crippen molar-refractivity contribution in [3.63, 3.8) is 0 Å². The molecule has 0 amide bonds. The van der Waals surface area contributed by atoms with Gasteiger partial charge in [0.25, 0.3) is 6.71 Å². The van der Waals surface area contributed by atoms with Crippen molar-refractivity contribution < 1.29 is 4.42 Å². The normalized spacial score (nSPS) is 15.6. The molecule has 75 heavy (non-hydrogen) atoms. The Labute approximate surface area is 447 Å². The van der Waals surface area contributed by atoms with E-state index in [9.17, 15) is 0 Å². The number of benzene rings is 8. The fourth-order valence-corrected chi connectivity index (χ4v) is 12.4. The molecule has 1 aromatic heterocycles. The highest BCUT2D eigenvalue weighted by atomic mass is 16.4. The second-order valence-corrected chi connectivity index (χ2v) is 26.2. The Kier molecular flexibility index (Phi) is 11.1. The van der Waals surface area contributed by atoms with Gasteiger partial charge in [0.05, 0.1) is 11.4 Å². The summed E-state index contributed by atoms with van der Waals surface area (Å²) in [5, 5.41) is 1.17. The van der Waals surface area contributed by atoms with E-state index < -0.39 is 0 Å². The summed E-state index contributed by atoms with van der Waals surface area (Å²) >= 11 is 0. The number of fused-ring (bicyclic) bond motifs is 7. The number of hydrogen-bond acceptors (Lipinski definition) is 4. The SMILES string of the molecule is CC(C)(C)c1ccc(N2c3cc(N(c4ccccc4)c4ccccc4)cc4c3B(c3cc5c(cc3N4c3ccc(C(C)(C)C)cc3-c3ccccc3)C(C)(C)CCC5(C)C)c3c2oc2ccc(C(C)(C)C)cc32)cc1. The maximum Gasteiger partial charge on any atom is 0.257 e. The standard InChI is InChI=1S/C70H72BN3O/c1-66(2,3)46-29-33-51(34-30-46)73-60-41-52(72(49-25-19-15-20-26-49)50-27-21-16-22-28-50)42-61-64(60)71(63-54-40-48(68(7,8)9)32-36-62(54)75-65(63)73)57-43-55-56(70(12,13)38-37-69(55,10)11)44-59(57)74(61)58-35-31-47(67(4,5)6)39-53(58)45-23-17-14-18-24-45/h14-36,39-44H,37-38H2,1-13H3. The van der Waals surface area contributed by atoms with Crippen LogP contribution in [-0.4, -0.2) is 6.71 Å². The highest BCUT2D eigenvalue weighted by Gasteiger charge is 2.49. The van der Waals surface area contributed by atoms with Gasteiger partial charge in [0.1, 0.15) is 5.58 Å². The van der Waals surface area contributed by atoms with Gasteiger partial charge >= 0.3 is 0 Å². The van der Waals surface area contributed by atoms with Crippen LogP contribution in [0.2, 0.25) is 0 Å². The van der Waals surface area contributed by atoms with Crippen LogP contribution in [0, 0.1) is 0 Å². The molecule has 376 valence electrons. The Balaban J connectivity index is 1.28. The predicted octanol–water partition coefficient (Wildman–Crippen LogP) is 17.9. The molecule has 0 saturated carbocycles. The lowest BCUT2D eigenvalue weighted by atomic mass is 9.33. The Morgan fingerprint density at radius 3 is 1.53 bits per heavy atom. The van der Waals surface area contributed by atoms with Crippen molar-refractivity contribution in [2.75, 3.05) is 14.7 Å². The number of hydrogen-bond donors (Lipinski definition) is 0. The topological polar surface area (TPSA) is 22.9 Å². The molecule has 8 aromatic carbocycles. The van der Waals surface area contributed by atoms with Gasteiger partial charge in [-0.1, -0.05) is 187 Å². The van der Waals surface area contributed by atoms with E-state index in [0.717, 1.165) is 64.1 Å². The molecule has 0 N–H and O–H groups in total. The summed E-state index contributed by atoms with van der Waals surface area (Å²) in [4.78, 5) is 7.56. The maximum absolute atomic E-state index is 7.48. The van der Waals surface area contributed by atoms with Crippen molar-refractivity contribution in [3.05, 3.63) is 204 Å². The predicted molar refractivity (Wildman–Crippen MR) is 322 cm³/mol. The monoisotopic (exact) mass is 982 g/mol. The largest absolute Gasteiger partial charge is 0.440 e. The third-order valence-electron chi connectivity index (χ3n) is 17.0. The summed E-state index contributed by atoms with van der Waals surface area (Å²) in [6, 6.07) is 66.6. The van der Waals surface area contributed by atoms with E-state index in [4.69, 9.17) is 4.42 Å². The molecule has 0 radical (unpaired) electrons. The van der Waals surface area contributed by atoms with Crippen LogP contribution < -0.4 is 31.1 Å². The van der Waals surface area contributed by atoms with E-state index in [1.165, 1.54) is 66.4 Å². The van der Waals surface area contributed by atoms with Crippen LogP contribution >= 0.6 is 0 Å². The molecule has 0 bridgehead atoms. The Hall–Kier alpha value is -7.24. The van der Waals surface area contributed by atoms with E-state index >= 15 is 0 Å². The molecule has 3 heterocycles. The van der Waals surface area contributed by atoms with Gasteiger partial charge in [0.2, 0.25) is 5.88 Å². The van der Waals surface area contributed by atoms with Crippen LogP contribution in [0.25, 0.3) is 22.1 Å². The first-order chi connectivity index (χ1) is 35.6. The van der Waals surface area contributed by atoms with Crippen molar-refractivity contribution in [2.45, 2.75) is 130 Å². The lowest BCUT2D eigenvalue weighted by Crippen LogP contribution is -2.61. The Bertz CT molecular complexity index is 3620. The lowest BCUT2D eigenvalue weighted by molar-refractivity contribution is 0.332. The quantitative estimate of drug-likeness (QED) is 0.155. The summed E-state index contributed by atoms with van der Waals surface area (Å²) in [5.41, 5.74) is 22.6. The fraction of sp³-hybridized carbons (Fsp3) is 0.286. The molecule has 3 aliphatic rings. The second kappa shape index (κ2) is 17.1. The summed E-state index contributed by atoms with van der Waals surface area (Å²) in [6.45, 7) is 30.6. The minimum Gasteiger partial charge on any atom is -0.440 e. The summed E-state index contributed by atoms with van der Waals surface area (Å²) in [7, 11) is 0. The highest BCUT2D eigenvalue weighted by molar-refractivity contribution is 7.01. The van der Waals surface area contributed by atoms with Crippen LogP contribution in [-0.2, 0) is 27.1 Å². The first-order valence-electron chi connectivity index (χ1n) is 27.3. The molecule has 2 aliphatic heterocycles. The van der Waals surface area contributed by atoms with E-state index in [0.29, 0.717) is 0 Å². The summed E-state index contributed by atoms with van der Waals surface area (Å²) < 4.78 is 7.48. The van der Waals surface area contributed by atoms with Gasteiger partial charge in [-0.05, 0) is 163 Å². The minimum absolute atomic E-state index is 0.0188. The first-order valence-corrected chi connectivity index (χ1v) is 27.3. The van der Waals surface area contributed by atoms with Crippen LogP contribution in [0.4, 0.5) is 51.4 Å². The lowest BCUT2D eigenvalue weighted by Gasteiger charge is -2.47. The fourth-order valence-electron chi connectivity index (χ4n) is 12.4. The van der Waals surface area contributed by atoms with Crippen LogP contribution in [0.15, 0.2) is 180 Å². The van der Waals surface area contributed by atoms with Crippen LogP contribution in [0.5, 0.6) is 0 Å². The number of nitrogens with zero attached hydrogens (tertiary/aromatic N) is 3. The first kappa shape index (κ1) is 48.7. The molecule has 12 rings (SSSR count). The smallest absolute Gasteiger partial charge is 0.257 e. The van der Waals surface area contributed by atoms with Crippen molar-refractivity contribution in [2.24, 2.45) is 0 Å². The van der Waals surface area contributed by atoms with Gasteiger partial charge < -0.3 is 14.2 Å². The van der Waals surface area contributed by atoms with Crippen molar-refractivity contribution in [1.29, 1.82) is 0 Å². The number of furan rings is 1. The number of anilines is 9. The minimum atomic E-state index is -0.158. The Morgan fingerprint density at radius 1 is 0.453 bits per heavy atom. The molecule has 9 aromatic rings. The van der Waals surface area contributed by atoms with Gasteiger partial charge in [0.15, 0.2) is 0 Å². The van der Waals surface area contributed by atoms with Crippen LogP contribution in [0.3, 0.4) is 0 Å². The van der Waals surface area contributed by atoms with Gasteiger partial charge in [-0.3, -0.25) is 4.90 Å². The molecular weight excluding hydrogens is 910 g/mol. The molecule has 4 nitrogen and oxygen atoms in total. The zero-order chi connectivity index (χ0) is 52.6. The average Bonchev–Trinajstić information content (AvgIpc) is 3.77. The molecule has 0 unspecified atom stereocenters. The summed E-state index contributed by atoms with van der Waals surface area (Å²) in [5.74, 6) is 0.877. The van der Waals surface area contributed by atoms with Gasteiger partial charge in [-0.2, -0.15) is 0 Å². The van der Waals surface area contributed by atoms with Crippen molar-refractivity contribution >= 4 is 85.5 Å². The van der Waals surface area contributed by atoms with Gasteiger partial charge in [-0.15, -0.1) is 0 Å². The molecular formula is C70H72BN3O. The van der Waals surface area contributed by atoms with Crippen molar-refractivity contribution in [1.82, 2.24) is 0 Å². The van der Waals surface area contributed by atoms with Gasteiger partial charge in [-0.25, -0.2) is 0 Å².